The number of halogens is 1. The van der Waals surface area contributed by atoms with Crippen molar-refractivity contribution >= 4 is 35.6 Å². The van der Waals surface area contributed by atoms with Crippen molar-refractivity contribution in [2.75, 3.05) is 23.3 Å². The zero-order valence-corrected chi connectivity index (χ0v) is 12.3. The van der Waals surface area contributed by atoms with Crippen molar-refractivity contribution in [3.05, 3.63) is 24.3 Å². The van der Waals surface area contributed by atoms with Gasteiger partial charge in [-0.3, -0.25) is 9.59 Å². The predicted octanol–water partition coefficient (Wildman–Crippen LogP) is 1.77. The molecule has 2 amide bonds. The highest BCUT2D eigenvalue weighted by atomic mass is 35.5. The Bertz CT molecular complexity index is 493. The highest BCUT2D eigenvalue weighted by Crippen LogP contribution is 2.29. The van der Waals surface area contributed by atoms with E-state index in [1.54, 1.807) is 11.8 Å². The Morgan fingerprint density at radius 1 is 1.45 bits per heavy atom. The third-order valence-corrected chi connectivity index (χ3v) is 3.33. The van der Waals surface area contributed by atoms with Crippen molar-refractivity contribution in [1.82, 2.24) is 0 Å². The first-order valence-electron chi connectivity index (χ1n) is 6.54. The van der Waals surface area contributed by atoms with E-state index in [0.717, 1.165) is 12.1 Å². The smallest absolute Gasteiger partial charge is 0.228 e. The molecule has 0 radical (unpaired) electrons. The second kappa shape index (κ2) is 7.26. The number of nitrogens with two attached hydrogens (primary N) is 1. The van der Waals surface area contributed by atoms with Crippen LogP contribution in [0.3, 0.4) is 0 Å². The van der Waals surface area contributed by atoms with Crippen LogP contribution < -0.4 is 16.0 Å². The van der Waals surface area contributed by atoms with Crippen molar-refractivity contribution in [3.8, 4) is 0 Å². The molecular weight excluding hydrogens is 278 g/mol. The maximum atomic E-state index is 11.9. The van der Waals surface area contributed by atoms with Gasteiger partial charge in [-0.2, -0.15) is 0 Å². The van der Waals surface area contributed by atoms with E-state index < -0.39 is 0 Å². The van der Waals surface area contributed by atoms with E-state index in [2.05, 4.69) is 5.32 Å². The van der Waals surface area contributed by atoms with Gasteiger partial charge in [0.1, 0.15) is 0 Å². The Balaban J connectivity index is 0.00000200. The number of benzene rings is 1. The van der Waals surface area contributed by atoms with Gasteiger partial charge in [0.15, 0.2) is 0 Å². The zero-order valence-electron chi connectivity index (χ0n) is 11.5. The Labute approximate surface area is 124 Å². The molecule has 3 N–H and O–H groups in total. The third kappa shape index (κ3) is 3.49. The molecule has 0 aliphatic carbocycles. The summed E-state index contributed by atoms with van der Waals surface area (Å²) < 4.78 is 0. The average molecular weight is 298 g/mol. The molecule has 110 valence electrons. The van der Waals surface area contributed by atoms with E-state index in [1.165, 1.54) is 0 Å². The van der Waals surface area contributed by atoms with Gasteiger partial charge >= 0.3 is 0 Å². The number of hydrogen-bond donors (Lipinski definition) is 2. The third-order valence-electron chi connectivity index (χ3n) is 3.33. The van der Waals surface area contributed by atoms with Crippen LogP contribution in [0.15, 0.2) is 24.3 Å². The van der Waals surface area contributed by atoms with Crippen molar-refractivity contribution in [2.24, 2.45) is 11.7 Å². The Kier molecular flexibility index (Phi) is 5.98. The Morgan fingerprint density at radius 2 is 2.15 bits per heavy atom. The number of nitrogens with zero attached hydrogens (tertiary/aromatic N) is 1. The number of carbonyl (C=O) groups excluding carboxylic acids is 2. The number of carbonyl (C=O) groups is 2. The zero-order chi connectivity index (χ0) is 13.8. The van der Waals surface area contributed by atoms with Crippen LogP contribution in [-0.2, 0) is 9.59 Å². The molecule has 1 aromatic carbocycles. The molecule has 1 unspecified atom stereocenters. The summed E-state index contributed by atoms with van der Waals surface area (Å²) in [7, 11) is 0. The number of rotatable bonds is 4. The largest absolute Gasteiger partial charge is 0.330 e. The standard InChI is InChI=1S/C14H19N3O2.ClH/c1-10(9-15)14(19)16-11-5-2-3-6-12(11)17-8-4-7-13(17)18;/h2-3,5-6,10H,4,7-9,15H2,1H3,(H,16,19);1H. The normalized spacial score (nSPS) is 15.7. The van der Waals surface area contributed by atoms with Crippen LogP contribution in [0.25, 0.3) is 0 Å². The van der Waals surface area contributed by atoms with Crippen molar-refractivity contribution in [3.63, 3.8) is 0 Å². The minimum Gasteiger partial charge on any atom is -0.330 e. The molecule has 1 saturated heterocycles. The lowest BCUT2D eigenvalue weighted by molar-refractivity contribution is -0.119. The molecule has 0 spiro atoms. The van der Waals surface area contributed by atoms with Crippen LogP contribution in [0.1, 0.15) is 19.8 Å². The van der Waals surface area contributed by atoms with Crippen molar-refractivity contribution in [1.29, 1.82) is 0 Å². The van der Waals surface area contributed by atoms with Gasteiger partial charge in [0, 0.05) is 25.4 Å². The van der Waals surface area contributed by atoms with Crippen LogP contribution in [0.5, 0.6) is 0 Å². The maximum Gasteiger partial charge on any atom is 0.228 e. The van der Waals surface area contributed by atoms with Crippen LogP contribution in [-0.4, -0.2) is 24.9 Å². The monoisotopic (exact) mass is 297 g/mol. The van der Waals surface area contributed by atoms with E-state index >= 15 is 0 Å². The van der Waals surface area contributed by atoms with Crippen molar-refractivity contribution < 1.29 is 9.59 Å². The average Bonchev–Trinajstić information content (AvgIpc) is 2.84. The lowest BCUT2D eigenvalue weighted by atomic mass is 10.1. The highest BCUT2D eigenvalue weighted by molar-refractivity contribution is 6.02. The molecular formula is C14H20ClN3O2. The van der Waals surface area contributed by atoms with Gasteiger partial charge in [-0.05, 0) is 18.6 Å². The maximum absolute atomic E-state index is 11.9. The molecule has 2 rings (SSSR count). The molecule has 6 heteroatoms. The minimum atomic E-state index is -0.248. The van der Waals surface area contributed by atoms with E-state index in [-0.39, 0.29) is 30.1 Å². The molecule has 1 heterocycles. The minimum absolute atomic E-state index is 0. The molecule has 1 atom stereocenters. The first-order valence-corrected chi connectivity index (χ1v) is 6.54. The molecule has 1 aliphatic rings. The highest BCUT2D eigenvalue weighted by Gasteiger charge is 2.24. The Hall–Kier alpha value is -1.59. The van der Waals surface area contributed by atoms with E-state index in [0.29, 0.717) is 25.2 Å². The van der Waals surface area contributed by atoms with Crippen molar-refractivity contribution in [2.45, 2.75) is 19.8 Å². The first-order chi connectivity index (χ1) is 9.13. The number of nitrogens with one attached hydrogen (secondary N) is 1. The molecule has 1 aromatic rings. The summed E-state index contributed by atoms with van der Waals surface area (Å²) in [6.07, 6.45) is 1.43. The number of hydrogen-bond acceptors (Lipinski definition) is 3. The number of para-hydroxylation sites is 2. The quantitative estimate of drug-likeness (QED) is 0.889. The summed E-state index contributed by atoms with van der Waals surface area (Å²) >= 11 is 0. The molecule has 5 nitrogen and oxygen atoms in total. The van der Waals surface area contributed by atoms with Gasteiger partial charge in [-0.25, -0.2) is 0 Å². The van der Waals surface area contributed by atoms with Crippen LogP contribution in [0, 0.1) is 5.92 Å². The van der Waals surface area contributed by atoms with Gasteiger partial charge in [-0.15, -0.1) is 12.4 Å². The molecule has 0 bridgehead atoms. The van der Waals surface area contributed by atoms with Crippen LogP contribution in [0.4, 0.5) is 11.4 Å². The number of anilines is 2. The van der Waals surface area contributed by atoms with E-state index in [1.807, 2.05) is 24.3 Å². The lowest BCUT2D eigenvalue weighted by Gasteiger charge is -2.20. The van der Waals surface area contributed by atoms with Crippen LogP contribution >= 0.6 is 12.4 Å². The lowest BCUT2D eigenvalue weighted by Crippen LogP contribution is -2.29. The summed E-state index contributed by atoms with van der Waals surface area (Å²) in [6, 6.07) is 7.36. The molecule has 0 aromatic heterocycles. The topological polar surface area (TPSA) is 75.4 Å². The van der Waals surface area contributed by atoms with E-state index in [9.17, 15) is 9.59 Å². The van der Waals surface area contributed by atoms with E-state index in [4.69, 9.17) is 5.73 Å². The second-order valence-corrected chi connectivity index (χ2v) is 4.79. The summed E-state index contributed by atoms with van der Waals surface area (Å²) in [5.74, 6) is -0.266. The predicted molar refractivity (Wildman–Crippen MR) is 82.1 cm³/mol. The van der Waals surface area contributed by atoms with Crippen LogP contribution in [0.2, 0.25) is 0 Å². The number of amides is 2. The fraction of sp³-hybridized carbons (Fsp3) is 0.429. The first kappa shape index (κ1) is 16.5. The summed E-state index contributed by atoms with van der Waals surface area (Å²) in [6.45, 7) is 2.79. The summed E-state index contributed by atoms with van der Waals surface area (Å²) in [4.78, 5) is 25.4. The second-order valence-electron chi connectivity index (χ2n) is 4.79. The summed E-state index contributed by atoms with van der Waals surface area (Å²) in [5, 5.41) is 2.85. The molecule has 20 heavy (non-hydrogen) atoms. The van der Waals surface area contributed by atoms with Gasteiger partial charge in [0.2, 0.25) is 11.8 Å². The fourth-order valence-corrected chi connectivity index (χ4v) is 2.08. The Morgan fingerprint density at radius 3 is 2.75 bits per heavy atom. The fourth-order valence-electron chi connectivity index (χ4n) is 2.08. The van der Waals surface area contributed by atoms with Gasteiger partial charge in [0.05, 0.1) is 11.4 Å². The SMILES string of the molecule is CC(CN)C(=O)Nc1ccccc1N1CCCC1=O.Cl. The van der Waals surface area contributed by atoms with Gasteiger partial charge < -0.3 is 16.0 Å². The van der Waals surface area contributed by atoms with Gasteiger partial charge in [-0.1, -0.05) is 19.1 Å². The summed E-state index contributed by atoms with van der Waals surface area (Å²) in [5.41, 5.74) is 6.92. The molecule has 0 saturated carbocycles. The molecule has 1 fully saturated rings. The molecule has 1 aliphatic heterocycles. The van der Waals surface area contributed by atoms with Gasteiger partial charge in [0.25, 0.3) is 0 Å².